The van der Waals surface area contributed by atoms with E-state index in [1.807, 2.05) is 0 Å². The lowest BCUT2D eigenvalue weighted by atomic mass is 9.89. The van der Waals surface area contributed by atoms with Gasteiger partial charge in [0, 0.05) is 12.1 Å². The van der Waals surface area contributed by atoms with Crippen molar-refractivity contribution in [2.45, 2.75) is 38.1 Å². The topological polar surface area (TPSA) is 46.3 Å². The molecule has 0 saturated heterocycles. The number of benzene rings is 1. The van der Waals surface area contributed by atoms with Crippen LogP contribution in [0.4, 0.5) is 10.1 Å². The van der Waals surface area contributed by atoms with Crippen molar-refractivity contribution in [1.82, 2.24) is 0 Å². The molecule has 1 aromatic carbocycles. The van der Waals surface area contributed by atoms with Crippen LogP contribution in [0.25, 0.3) is 0 Å². The van der Waals surface area contributed by atoms with E-state index in [-0.39, 0.29) is 11.7 Å². The van der Waals surface area contributed by atoms with Crippen LogP contribution in [-0.4, -0.2) is 12.5 Å². The maximum atomic E-state index is 13.4. The van der Waals surface area contributed by atoms with Crippen molar-refractivity contribution < 1.29 is 9.18 Å². The summed E-state index contributed by atoms with van der Waals surface area (Å²) in [6.07, 6.45) is 6.06. The first-order valence-electron chi connectivity index (χ1n) is 7.03. The number of rotatable bonds is 2. The minimum atomic E-state index is -0.626. The van der Waals surface area contributed by atoms with Crippen LogP contribution in [0.15, 0.2) is 18.2 Å². The molecule has 0 radical (unpaired) electrons. The molecule has 0 bridgehead atoms. The predicted octanol–water partition coefficient (Wildman–Crippen LogP) is 2.75. The Morgan fingerprint density at radius 2 is 2.00 bits per heavy atom. The van der Waals surface area contributed by atoms with E-state index in [9.17, 15) is 9.18 Å². The summed E-state index contributed by atoms with van der Waals surface area (Å²) in [5.74, 6) is 0.125. The van der Waals surface area contributed by atoms with Crippen LogP contribution in [0.2, 0.25) is 0 Å². The Kier molecular flexibility index (Phi) is 3.27. The number of nitrogens with zero attached hydrogens (tertiary/aromatic N) is 1. The van der Waals surface area contributed by atoms with E-state index in [2.05, 4.69) is 0 Å². The maximum absolute atomic E-state index is 13.4. The van der Waals surface area contributed by atoms with Gasteiger partial charge < -0.3 is 10.6 Å². The van der Waals surface area contributed by atoms with Gasteiger partial charge in [0.2, 0.25) is 5.91 Å². The summed E-state index contributed by atoms with van der Waals surface area (Å²) < 4.78 is 13.4. The SMILES string of the molecule is NC1C(=O)N(CC2CCCCC2)c2cc(F)ccc21. The molecule has 1 unspecified atom stereocenters. The van der Waals surface area contributed by atoms with E-state index >= 15 is 0 Å². The Morgan fingerprint density at radius 1 is 1.26 bits per heavy atom. The summed E-state index contributed by atoms with van der Waals surface area (Å²) in [5, 5.41) is 0. The smallest absolute Gasteiger partial charge is 0.248 e. The van der Waals surface area contributed by atoms with Gasteiger partial charge in [-0.2, -0.15) is 0 Å². The average molecular weight is 262 g/mol. The molecular weight excluding hydrogens is 243 g/mol. The summed E-state index contributed by atoms with van der Waals surface area (Å²) in [7, 11) is 0. The molecule has 3 nitrogen and oxygen atoms in total. The molecule has 1 saturated carbocycles. The van der Waals surface area contributed by atoms with Gasteiger partial charge in [0.05, 0.1) is 5.69 Å². The summed E-state index contributed by atoms with van der Waals surface area (Å²) in [6.45, 7) is 0.684. The molecule has 1 fully saturated rings. The largest absolute Gasteiger partial charge is 0.316 e. The van der Waals surface area contributed by atoms with Crippen molar-refractivity contribution >= 4 is 11.6 Å². The Hall–Kier alpha value is -1.42. The van der Waals surface area contributed by atoms with Gasteiger partial charge in [0.25, 0.3) is 0 Å². The molecule has 1 heterocycles. The van der Waals surface area contributed by atoms with Crippen molar-refractivity contribution in [1.29, 1.82) is 0 Å². The lowest BCUT2D eigenvalue weighted by Gasteiger charge is -2.27. The van der Waals surface area contributed by atoms with Gasteiger partial charge in [0.1, 0.15) is 11.9 Å². The minimum Gasteiger partial charge on any atom is -0.316 e. The molecule has 1 aliphatic carbocycles. The lowest BCUT2D eigenvalue weighted by Crippen LogP contribution is -2.36. The number of carbonyl (C=O) groups excluding carboxylic acids is 1. The van der Waals surface area contributed by atoms with E-state index in [0.29, 0.717) is 18.2 Å². The normalized spacial score (nSPS) is 23.8. The highest BCUT2D eigenvalue weighted by molar-refractivity contribution is 6.04. The van der Waals surface area contributed by atoms with Gasteiger partial charge in [-0.15, -0.1) is 0 Å². The first-order chi connectivity index (χ1) is 9.16. The van der Waals surface area contributed by atoms with Gasteiger partial charge in [-0.1, -0.05) is 25.3 Å². The second-order valence-electron chi connectivity index (χ2n) is 5.63. The van der Waals surface area contributed by atoms with E-state index in [1.54, 1.807) is 11.0 Å². The maximum Gasteiger partial charge on any atom is 0.248 e. The van der Waals surface area contributed by atoms with Crippen molar-refractivity contribution in [2.75, 3.05) is 11.4 Å². The number of carbonyl (C=O) groups is 1. The Balaban J connectivity index is 1.85. The zero-order valence-corrected chi connectivity index (χ0v) is 10.9. The number of halogens is 1. The van der Waals surface area contributed by atoms with Crippen LogP contribution in [-0.2, 0) is 4.79 Å². The lowest BCUT2D eigenvalue weighted by molar-refractivity contribution is -0.119. The first kappa shape index (κ1) is 12.6. The van der Waals surface area contributed by atoms with E-state index in [1.165, 1.54) is 31.4 Å². The minimum absolute atomic E-state index is 0.0915. The van der Waals surface area contributed by atoms with Crippen LogP contribution in [0.1, 0.15) is 43.7 Å². The highest BCUT2D eigenvalue weighted by Gasteiger charge is 2.36. The van der Waals surface area contributed by atoms with E-state index in [4.69, 9.17) is 5.73 Å². The molecule has 19 heavy (non-hydrogen) atoms. The number of hydrogen-bond acceptors (Lipinski definition) is 2. The van der Waals surface area contributed by atoms with Crippen LogP contribution in [0.5, 0.6) is 0 Å². The molecule has 0 spiro atoms. The van der Waals surface area contributed by atoms with Crippen LogP contribution in [0, 0.1) is 11.7 Å². The van der Waals surface area contributed by atoms with Crippen molar-refractivity contribution in [3.05, 3.63) is 29.6 Å². The number of fused-ring (bicyclic) bond motifs is 1. The molecular formula is C15H19FN2O. The average Bonchev–Trinajstić information content (AvgIpc) is 2.65. The summed E-state index contributed by atoms with van der Waals surface area (Å²) in [4.78, 5) is 13.9. The second kappa shape index (κ2) is 4.93. The third kappa shape index (κ3) is 2.25. The van der Waals surface area contributed by atoms with Crippen LogP contribution in [0.3, 0.4) is 0 Å². The molecule has 0 aromatic heterocycles. The Morgan fingerprint density at radius 3 is 2.74 bits per heavy atom. The van der Waals surface area contributed by atoms with Crippen molar-refractivity contribution in [3.63, 3.8) is 0 Å². The highest BCUT2D eigenvalue weighted by atomic mass is 19.1. The molecule has 1 atom stereocenters. The fourth-order valence-corrected chi connectivity index (χ4v) is 3.25. The van der Waals surface area contributed by atoms with E-state index < -0.39 is 6.04 Å². The number of hydrogen-bond donors (Lipinski definition) is 1. The first-order valence-corrected chi connectivity index (χ1v) is 7.03. The molecule has 2 aliphatic rings. The van der Waals surface area contributed by atoms with Gasteiger partial charge in [-0.05, 0) is 30.9 Å². The fraction of sp³-hybridized carbons (Fsp3) is 0.533. The standard InChI is InChI=1S/C15H19FN2O/c16-11-6-7-12-13(8-11)18(15(19)14(12)17)9-10-4-2-1-3-5-10/h6-8,10,14H,1-5,9,17H2. The quantitative estimate of drug-likeness (QED) is 0.890. The number of nitrogens with two attached hydrogens (primary N) is 1. The van der Waals surface area contributed by atoms with Crippen LogP contribution >= 0.6 is 0 Å². The fourth-order valence-electron chi connectivity index (χ4n) is 3.25. The van der Waals surface area contributed by atoms with Gasteiger partial charge in [0.15, 0.2) is 0 Å². The molecule has 1 aromatic rings. The molecule has 3 rings (SSSR count). The Labute approximate surface area is 112 Å². The molecule has 102 valence electrons. The van der Waals surface area contributed by atoms with Crippen molar-refractivity contribution in [2.24, 2.45) is 11.7 Å². The molecule has 1 aliphatic heterocycles. The third-order valence-electron chi connectivity index (χ3n) is 4.32. The monoisotopic (exact) mass is 262 g/mol. The van der Waals surface area contributed by atoms with Gasteiger partial charge in [-0.25, -0.2) is 4.39 Å². The number of amides is 1. The summed E-state index contributed by atoms with van der Waals surface area (Å²) in [6, 6.07) is 3.81. The molecule has 2 N–H and O–H groups in total. The van der Waals surface area contributed by atoms with E-state index in [0.717, 1.165) is 18.4 Å². The van der Waals surface area contributed by atoms with Gasteiger partial charge in [-0.3, -0.25) is 4.79 Å². The summed E-state index contributed by atoms with van der Waals surface area (Å²) in [5.41, 5.74) is 7.34. The zero-order chi connectivity index (χ0) is 13.4. The number of anilines is 1. The van der Waals surface area contributed by atoms with Gasteiger partial charge >= 0.3 is 0 Å². The Bertz CT molecular complexity index is 497. The molecule has 4 heteroatoms. The zero-order valence-electron chi connectivity index (χ0n) is 10.9. The van der Waals surface area contributed by atoms with Crippen LogP contribution < -0.4 is 10.6 Å². The second-order valence-corrected chi connectivity index (χ2v) is 5.63. The molecule has 1 amide bonds. The highest BCUT2D eigenvalue weighted by Crippen LogP contribution is 2.37. The summed E-state index contributed by atoms with van der Waals surface area (Å²) >= 11 is 0. The van der Waals surface area contributed by atoms with Crippen molar-refractivity contribution in [3.8, 4) is 0 Å². The predicted molar refractivity (Wildman–Crippen MR) is 72.3 cm³/mol. The third-order valence-corrected chi connectivity index (χ3v) is 4.32.